The van der Waals surface area contributed by atoms with Crippen LogP contribution < -0.4 is 27.0 Å². The van der Waals surface area contributed by atoms with Crippen LogP contribution in [0.25, 0.3) is 0 Å². The van der Waals surface area contributed by atoms with Gasteiger partial charge in [-0.1, -0.05) is 78.9 Å². The minimum atomic E-state index is -1.05. The third-order valence-electron chi connectivity index (χ3n) is 7.62. The van der Waals surface area contributed by atoms with Crippen LogP contribution in [-0.2, 0) is 32.0 Å². The number of benzene rings is 3. The van der Waals surface area contributed by atoms with E-state index in [2.05, 4.69) is 10.6 Å². The zero-order chi connectivity index (χ0) is 28.2. The van der Waals surface area contributed by atoms with Crippen LogP contribution in [0, 0.1) is 0 Å². The zero-order valence-electron chi connectivity index (χ0n) is 22.1. The van der Waals surface area contributed by atoms with Crippen molar-refractivity contribution in [2.24, 2.45) is 11.5 Å². The van der Waals surface area contributed by atoms with Crippen LogP contribution in [0.3, 0.4) is 0 Å². The zero-order valence-corrected chi connectivity index (χ0v) is 22.1. The molecule has 5 rings (SSSR count). The molecular formula is C31H33N5O4. The van der Waals surface area contributed by atoms with E-state index < -0.39 is 41.9 Å². The fourth-order valence-electron chi connectivity index (χ4n) is 5.58. The van der Waals surface area contributed by atoms with E-state index in [4.69, 9.17) is 11.5 Å². The van der Waals surface area contributed by atoms with Gasteiger partial charge in [-0.15, -0.1) is 0 Å². The molecule has 9 heteroatoms. The molecule has 3 atom stereocenters. The lowest BCUT2D eigenvalue weighted by Gasteiger charge is -2.29. The number of amides is 4. The lowest BCUT2D eigenvalue weighted by molar-refractivity contribution is -0.131. The quantitative estimate of drug-likeness (QED) is 0.328. The van der Waals surface area contributed by atoms with Gasteiger partial charge in [0, 0.05) is 12.8 Å². The maximum atomic E-state index is 13.7. The van der Waals surface area contributed by atoms with Crippen molar-refractivity contribution < 1.29 is 19.2 Å². The van der Waals surface area contributed by atoms with Gasteiger partial charge in [-0.2, -0.15) is 0 Å². The Kier molecular flexibility index (Phi) is 7.93. The minimum Gasteiger partial charge on any atom is -0.370 e. The van der Waals surface area contributed by atoms with Crippen molar-refractivity contribution in [1.82, 2.24) is 10.6 Å². The molecule has 2 aliphatic heterocycles. The fourth-order valence-corrected chi connectivity index (χ4v) is 5.58. The average molecular weight is 540 g/mol. The molecule has 0 saturated heterocycles. The molecule has 0 bridgehead atoms. The Morgan fingerprint density at radius 1 is 0.875 bits per heavy atom. The van der Waals surface area contributed by atoms with E-state index in [1.807, 2.05) is 78.9 Å². The summed E-state index contributed by atoms with van der Waals surface area (Å²) in [5.74, 6) is -1.83. The molecule has 2 aliphatic rings. The van der Waals surface area contributed by atoms with Gasteiger partial charge in [-0.25, -0.2) is 0 Å². The Balaban J connectivity index is 1.40. The van der Waals surface area contributed by atoms with Gasteiger partial charge >= 0.3 is 0 Å². The Labute approximate surface area is 232 Å². The van der Waals surface area contributed by atoms with Crippen molar-refractivity contribution in [3.8, 4) is 0 Å². The van der Waals surface area contributed by atoms with Crippen molar-refractivity contribution in [3.05, 3.63) is 101 Å². The second-order valence-corrected chi connectivity index (χ2v) is 10.3. The van der Waals surface area contributed by atoms with Crippen molar-refractivity contribution >= 4 is 29.3 Å². The first kappa shape index (κ1) is 27.1. The Morgan fingerprint density at radius 3 is 2.12 bits per heavy atom. The number of hydrogen-bond donors (Lipinski definition) is 4. The summed E-state index contributed by atoms with van der Waals surface area (Å²) in [5, 5.41) is 5.88. The monoisotopic (exact) mass is 539 g/mol. The molecule has 0 fully saturated rings. The van der Waals surface area contributed by atoms with Crippen molar-refractivity contribution in [2.45, 2.75) is 56.3 Å². The van der Waals surface area contributed by atoms with Crippen molar-refractivity contribution in [2.75, 3.05) is 4.90 Å². The second kappa shape index (κ2) is 11.7. The highest BCUT2D eigenvalue weighted by Crippen LogP contribution is 2.38. The molecule has 3 aromatic carbocycles. The maximum absolute atomic E-state index is 13.7. The Morgan fingerprint density at radius 2 is 1.50 bits per heavy atom. The highest BCUT2D eigenvalue weighted by atomic mass is 16.2. The summed E-state index contributed by atoms with van der Waals surface area (Å²) in [4.78, 5) is 53.8. The molecule has 206 valence electrons. The van der Waals surface area contributed by atoms with Gasteiger partial charge in [-0.05, 0) is 41.5 Å². The van der Waals surface area contributed by atoms with Gasteiger partial charge in [0.05, 0.1) is 17.8 Å². The molecule has 0 saturated carbocycles. The third kappa shape index (κ3) is 5.60. The van der Waals surface area contributed by atoms with Crippen LogP contribution in [0.5, 0.6) is 0 Å². The number of carbonyl (C=O) groups excluding carboxylic acids is 4. The first-order valence-electron chi connectivity index (χ1n) is 13.5. The summed E-state index contributed by atoms with van der Waals surface area (Å²) in [7, 11) is 0. The van der Waals surface area contributed by atoms with Gasteiger partial charge in [0.25, 0.3) is 0 Å². The number of carbonyl (C=O) groups is 4. The third-order valence-corrected chi connectivity index (χ3v) is 7.62. The van der Waals surface area contributed by atoms with Gasteiger partial charge < -0.3 is 22.1 Å². The van der Waals surface area contributed by atoms with Crippen LogP contribution in [0.1, 0.15) is 47.6 Å². The number of nitrogens with one attached hydrogen (secondary N) is 2. The molecule has 0 unspecified atom stereocenters. The molecule has 3 aromatic rings. The van der Waals surface area contributed by atoms with E-state index in [0.29, 0.717) is 19.3 Å². The summed E-state index contributed by atoms with van der Waals surface area (Å²) in [6.07, 6.45) is 1.37. The van der Waals surface area contributed by atoms with Crippen molar-refractivity contribution in [1.29, 1.82) is 0 Å². The molecule has 9 nitrogen and oxygen atoms in total. The number of nitrogens with zero attached hydrogens (tertiary/aromatic N) is 1. The van der Waals surface area contributed by atoms with Gasteiger partial charge in [0.15, 0.2) is 0 Å². The van der Waals surface area contributed by atoms with Crippen LogP contribution in [0.2, 0.25) is 0 Å². The summed E-state index contributed by atoms with van der Waals surface area (Å²) in [5.41, 5.74) is 15.9. The standard InChI is InChI=1S/C31H33N5O4/c32-23-15-14-21-12-7-13-22-18-25(36(28(21)22)31(23)40)30(39)34-24(16-17-26(33)37)29(38)35-27(19-8-3-1-4-9-19)20-10-5-2-6-11-20/h1-13,23-25,27H,14-18,32H2,(H2,33,37)(H,34,39)(H,35,38)/t23-,24-,25-/m0/s1. The lowest BCUT2D eigenvalue weighted by Crippen LogP contribution is -2.56. The predicted molar refractivity (Wildman–Crippen MR) is 151 cm³/mol. The van der Waals surface area contributed by atoms with E-state index in [0.717, 1.165) is 27.9 Å². The van der Waals surface area contributed by atoms with E-state index in [1.165, 1.54) is 4.90 Å². The average Bonchev–Trinajstić information content (AvgIpc) is 3.31. The number of anilines is 1. The van der Waals surface area contributed by atoms with Crippen LogP contribution in [0.4, 0.5) is 5.69 Å². The topological polar surface area (TPSA) is 148 Å². The maximum Gasteiger partial charge on any atom is 0.244 e. The van der Waals surface area contributed by atoms with E-state index >= 15 is 0 Å². The largest absolute Gasteiger partial charge is 0.370 e. The molecule has 6 N–H and O–H groups in total. The second-order valence-electron chi connectivity index (χ2n) is 10.3. The predicted octanol–water partition coefficient (Wildman–Crippen LogP) is 1.87. The number of aryl methyl sites for hydroxylation is 1. The molecule has 40 heavy (non-hydrogen) atoms. The fraction of sp³-hybridized carbons (Fsp3) is 0.290. The number of nitrogens with two attached hydrogens (primary N) is 2. The number of para-hydroxylation sites is 1. The van der Waals surface area contributed by atoms with Crippen LogP contribution in [-0.4, -0.2) is 41.8 Å². The SMILES string of the molecule is NC(=O)CC[C@H](NC(=O)[C@@H]1Cc2cccc3c2N1C(=O)[C@@H](N)CC3)C(=O)NC(c1ccccc1)c1ccccc1. The van der Waals surface area contributed by atoms with Gasteiger partial charge in [-0.3, -0.25) is 24.1 Å². The highest BCUT2D eigenvalue weighted by Gasteiger charge is 2.43. The molecule has 0 aromatic heterocycles. The smallest absolute Gasteiger partial charge is 0.244 e. The van der Waals surface area contributed by atoms with E-state index in [-0.39, 0.29) is 18.7 Å². The Bertz CT molecular complexity index is 1370. The molecule has 4 amide bonds. The van der Waals surface area contributed by atoms with Crippen LogP contribution in [0.15, 0.2) is 78.9 Å². The first-order valence-corrected chi connectivity index (χ1v) is 13.5. The van der Waals surface area contributed by atoms with Crippen LogP contribution >= 0.6 is 0 Å². The minimum absolute atomic E-state index is 0.0155. The molecule has 0 spiro atoms. The molecule has 0 aliphatic carbocycles. The summed E-state index contributed by atoms with van der Waals surface area (Å²) < 4.78 is 0. The van der Waals surface area contributed by atoms with E-state index in [9.17, 15) is 19.2 Å². The summed E-state index contributed by atoms with van der Waals surface area (Å²) in [6.45, 7) is 0. The van der Waals surface area contributed by atoms with E-state index in [1.54, 1.807) is 0 Å². The Hall–Kier alpha value is -4.50. The van der Waals surface area contributed by atoms with Gasteiger partial charge in [0.2, 0.25) is 23.6 Å². The summed E-state index contributed by atoms with van der Waals surface area (Å²) in [6, 6.07) is 21.7. The lowest BCUT2D eigenvalue weighted by atomic mass is 9.98. The molecule has 0 radical (unpaired) electrons. The van der Waals surface area contributed by atoms with Crippen molar-refractivity contribution in [3.63, 3.8) is 0 Å². The first-order chi connectivity index (χ1) is 19.3. The number of rotatable bonds is 9. The number of primary amides is 1. The summed E-state index contributed by atoms with van der Waals surface area (Å²) >= 11 is 0. The normalized spacial score (nSPS) is 18.6. The molecular weight excluding hydrogens is 506 g/mol. The number of hydrogen-bond acceptors (Lipinski definition) is 5. The molecule has 2 heterocycles. The highest BCUT2D eigenvalue weighted by molar-refractivity contribution is 6.07. The van der Waals surface area contributed by atoms with Gasteiger partial charge in [0.1, 0.15) is 12.1 Å².